The second-order valence-electron chi connectivity index (χ2n) is 3.90. The summed E-state index contributed by atoms with van der Waals surface area (Å²) in [5.41, 5.74) is -0.609. The van der Waals surface area contributed by atoms with Crippen LogP contribution >= 0.6 is 0 Å². The second-order valence-corrected chi connectivity index (χ2v) is 3.90. The molecule has 0 saturated carbocycles. The number of ether oxygens (including phenoxy) is 2. The van der Waals surface area contributed by atoms with Gasteiger partial charge in [0.2, 0.25) is 11.8 Å². The van der Waals surface area contributed by atoms with E-state index in [1.54, 1.807) is 19.1 Å². The fraction of sp³-hybridized carbons (Fsp3) is 0.308. The molecule has 0 spiro atoms. The van der Waals surface area contributed by atoms with Crippen LogP contribution in [0.1, 0.15) is 12.5 Å². The molecule has 0 fully saturated rings. The molecule has 0 amide bonds. The third kappa shape index (κ3) is 3.21. The molecule has 112 valence electrons. The first-order chi connectivity index (χ1) is 9.97. The van der Waals surface area contributed by atoms with Gasteiger partial charge in [-0.05, 0) is 19.1 Å². The van der Waals surface area contributed by atoms with Crippen molar-refractivity contribution in [2.75, 3.05) is 13.7 Å². The van der Waals surface area contributed by atoms with Crippen LogP contribution in [0.4, 0.5) is 13.2 Å². The van der Waals surface area contributed by atoms with Gasteiger partial charge >= 0.3 is 6.18 Å². The maximum Gasteiger partial charge on any atom is 0.426 e. The molecule has 0 N–H and O–H groups in total. The Bertz CT molecular complexity index is 618. The SMILES string of the molecule is CCOc1nc(-c2ccncc2)nc(OC)c1C(F)(F)F. The Morgan fingerprint density at radius 1 is 1.10 bits per heavy atom. The molecular formula is C13H12F3N3O2. The minimum Gasteiger partial charge on any atom is -0.480 e. The van der Waals surface area contributed by atoms with E-state index >= 15 is 0 Å². The summed E-state index contributed by atoms with van der Waals surface area (Å²) in [6, 6.07) is 3.16. The van der Waals surface area contributed by atoms with Gasteiger partial charge in [-0.25, -0.2) is 0 Å². The standard InChI is InChI=1S/C13H12F3N3O2/c1-3-21-12-9(13(14,15)16)11(20-2)18-10(19-12)8-4-6-17-7-5-8/h4-7H,3H2,1-2H3. The van der Waals surface area contributed by atoms with Gasteiger partial charge in [-0.15, -0.1) is 0 Å². The fourth-order valence-corrected chi connectivity index (χ4v) is 1.68. The molecule has 21 heavy (non-hydrogen) atoms. The van der Waals surface area contributed by atoms with E-state index in [-0.39, 0.29) is 12.4 Å². The molecule has 0 aliphatic rings. The zero-order chi connectivity index (χ0) is 15.5. The van der Waals surface area contributed by atoms with Crippen LogP contribution in [-0.2, 0) is 6.18 Å². The number of hydrogen-bond acceptors (Lipinski definition) is 5. The largest absolute Gasteiger partial charge is 0.480 e. The molecule has 0 aliphatic carbocycles. The summed E-state index contributed by atoms with van der Waals surface area (Å²) in [4.78, 5) is 11.5. The van der Waals surface area contributed by atoms with Crippen molar-refractivity contribution >= 4 is 0 Å². The van der Waals surface area contributed by atoms with Gasteiger partial charge in [0, 0.05) is 18.0 Å². The quantitative estimate of drug-likeness (QED) is 0.868. The first-order valence-corrected chi connectivity index (χ1v) is 6.03. The van der Waals surface area contributed by atoms with E-state index in [4.69, 9.17) is 9.47 Å². The fourth-order valence-electron chi connectivity index (χ4n) is 1.68. The predicted octanol–water partition coefficient (Wildman–Crippen LogP) is 2.96. The number of halogens is 3. The summed E-state index contributed by atoms with van der Waals surface area (Å²) in [7, 11) is 1.11. The second kappa shape index (κ2) is 5.94. The molecule has 0 aromatic carbocycles. The highest BCUT2D eigenvalue weighted by molar-refractivity contribution is 5.57. The van der Waals surface area contributed by atoms with Gasteiger partial charge < -0.3 is 9.47 Å². The van der Waals surface area contributed by atoms with E-state index in [9.17, 15) is 13.2 Å². The Morgan fingerprint density at radius 2 is 1.71 bits per heavy atom. The van der Waals surface area contributed by atoms with Gasteiger partial charge in [0.05, 0.1) is 13.7 Å². The Morgan fingerprint density at radius 3 is 2.24 bits per heavy atom. The lowest BCUT2D eigenvalue weighted by molar-refractivity contribution is -0.140. The van der Waals surface area contributed by atoms with E-state index in [0.29, 0.717) is 5.56 Å². The number of hydrogen-bond donors (Lipinski definition) is 0. The van der Waals surface area contributed by atoms with Crippen LogP contribution in [0.2, 0.25) is 0 Å². The minimum absolute atomic E-state index is 0.0407. The van der Waals surface area contributed by atoms with Crippen LogP contribution in [0.5, 0.6) is 11.8 Å². The zero-order valence-corrected chi connectivity index (χ0v) is 11.3. The molecule has 8 heteroatoms. The third-order valence-electron chi connectivity index (χ3n) is 2.54. The lowest BCUT2D eigenvalue weighted by Crippen LogP contribution is -2.14. The minimum atomic E-state index is -4.67. The van der Waals surface area contributed by atoms with Crippen molar-refractivity contribution in [3.63, 3.8) is 0 Å². The topological polar surface area (TPSA) is 57.1 Å². The average Bonchev–Trinajstić information content (AvgIpc) is 2.46. The molecule has 5 nitrogen and oxygen atoms in total. The van der Waals surface area contributed by atoms with Crippen LogP contribution in [0.15, 0.2) is 24.5 Å². The van der Waals surface area contributed by atoms with E-state index in [1.165, 1.54) is 12.4 Å². The maximum absolute atomic E-state index is 13.1. The lowest BCUT2D eigenvalue weighted by atomic mass is 10.2. The molecular weight excluding hydrogens is 287 g/mol. The van der Waals surface area contributed by atoms with E-state index in [0.717, 1.165) is 7.11 Å². The molecule has 0 aliphatic heterocycles. The van der Waals surface area contributed by atoms with Crippen LogP contribution < -0.4 is 9.47 Å². The first kappa shape index (κ1) is 15.0. The van der Waals surface area contributed by atoms with Gasteiger partial charge in [-0.1, -0.05) is 0 Å². The Balaban J connectivity index is 2.64. The third-order valence-corrected chi connectivity index (χ3v) is 2.54. The highest BCUT2D eigenvalue weighted by Crippen LogP contribution is 2.41. The van der Waals surface area contributed by atoms with Crippen molar-refractivity contribution in [2.45, 2.75) is 13.1 Å². The summed E-state index contributed by atoms with van der Waals surface area (Å²) in [5, 5.41) is 0. The normalized spacial score (nSPS) is 11.3. The molecule has 0 saturated heterocycles. The number of methoxy groups -OCH3 is 1. The molecule has 2 heterocycles. The number of rotatable bonds is 4. The maximum atomic E-state index is 13.1. The number of alkyl halides is 3. The van der Waals surface area contributed by atoms with Gasteiger partial charge in [-0.3, -0.25) is 4.98 Å². The summed E-state index contributed by atoms with van der Waals surface area (Å²) in [6.07, 6.45) is -1.70. The van der Waals surface area contributed by atoms with Gasteiger partial charge in [0.15, 0.2) is 11.4 Å². The van der Waals surface area contributed by atoms with Crippen molar-refractivity contribution in [2.24, 2.45) is 0 Å². The summed E-state index contributed by atoms with van der Waals surface area (Å²) >= 11 is 0. The highest BCUT2D eigenvalue weighted by Gasteiger charge is 2.41. The smallest absolute Gasteiger partial charge is 0.426 e. The number of nitrogens with zero attached hydrogens (tertiary/aromatic N) is 3. The average molecular weight is 299 g/mol. The van der Waals surface area contributed by atoms with Gasteiger partial charge in [0.25, 0.3) is 0 Å². The van der Waals surface area contributed by atoms with Gasteiger partial charge in [0.1, 0.15) is 0 Å². The molecule has 2 aromatic rings. The number of aromatic nitrogens is 3. The predicted molar refractivity (Wildman–Crippen MR) is 68.0 cm³/mol. The van der Waals surface area contributed by atoms with Crippen LogP contribution in [0.25, 0.3) is 11.4 Å². The Labute approximate surface area is 118 Å². The van der Waals surface area contributed by atoms with Crippen molar-refractivity contribution in [1.82, 2.24) is 15.0 Å². The van der Waals surface area contributed by atoms with E-state index < -0.39 is 23.5 Å². The summed E-state index contributed by atoms with van der Waals surface area (Å²) < 4.78 is 49.1. The molecule has 0 atom stereocenters. The van der Waals surface area contributed by atoms with Crippen molar-refractivity contribution in [3.05, 3.63) is 30.1 Å². The van der Waals surface area contributed by atoms with Crippen LogP contribution in [0, 0.1) is 0 Å². The van der Waals surface area contributed by atoms with Crippen LogP contribution in [-0.4, -0.2) is 28.7 Å². The Hall–Kier alpha value is -2.38. The highest BCUT2D eigenvalue weighted by atomic mass is 19.4. The van der Waals surface area contributed by atoms with E-state index in [2.05, 4.69) is 15.0 Å². The zero-order valence-electron chi connectivity index (χ0n) is 11.3. The summed E-state index contributed by atoms with van der Waals surface area (Å²) in [6.45, 7) is 1.61. The monoisotopic (exact) mass is 299 g/mol. The van der Waals surface area contributed by atoms with Crippen molar-refractivity contribution in [3.8, 4) is 23.1 Å². The molecule has 0 unspecified atom stereocenters. The Kier molecular flexibility index (Phi) is 4.25. The number of pyridine rings is 1. The van der Waals surface area contributed by atoms with Crippen molar-refractivity contribution < 1.29 is 22.6 Å². The summed E-state index contributed by atoms with van der Waals surface area (Å²) in [5.74, 6) is -1.05. The van der Waals surface area contributed by atoms with Crippen molar-refractivity contribution in [1.29, 1.82) is 0 Å². The van der Waals surface area contributed by atoms with E-state index in [1.807, 2.05) is 0 Å². The van der Waals surface area contributed by atoms with Crippen LogP contribution in [0.3, 0.4) is 0 Å². The first-order valence-electron chi connectivity index (χ1n) is 6.03. The molecule has 2 rings (SSSR count). The molecule has 0 bridgehead atoms. The van der Waals surface area contributed by atoms with Gasteiger partial charge in [-0.2, -0.15) is 23.1 Å². The molecule has 2 aromatic heterocycles. The molecule has 0 radical (unpaired) electrons. The lowest BCUT2D eigenvalue weighted by Gasteiger charge is -2.16.